The smallest absolute Gasteiger partial charge is 0.251 e. The van der Waals surface area contributed by atoms with Crippen LogP contribution in [0.1, 0.15) is 28.8 Å². The second-order valence-electron chi connectivity index (χ2n) is 6.70. The number of nitrogens with one attached hydrogen (secondary N) is 1. The number of hydrogen-bond acceptors (Lipinski definition) is 4. The molecular formula is C20H24N2O4S. The molecule has 7 heteroatoms. The maximum atomic E-state index is 12.7. The van der Waals surface area contributed by atoms with Crippen molar-refractivity contribution in [2.75, 3.05) is 20.2 Å². The zero-order valence-electron chi connectivity index (χ0n) is 15.5. The molecule has 1 aliphatic heterocycles. The summed E-state index contributed by atoms with van der Waals surface area (Å²) in [6.07, 6.45) is 1.17. The highest BCUT2D eigenvalue weighted by Crippen LogP contribution is 2.21. The van der Waals surface area contributed by atoms with Gasteiger partial charge in [0.2, 0.25) is 10.0 Å². The van der Waals surface area contributed by atoms with Gasteiger partial charge < -0.3 is 10.1 Å². The van der Waals surface area contributed by atoms with Gasteiger partial charge in [-0.15, -0.1) is 0 Å². The van der Waals surface area contributed by atoms with Crippen LogP contribution in [0, 0.1) is 6.92 Å². The third kappa shape index (κ3) is 4.48. The summed E-state index contributed by atoms with van der Waals surface area (Å²) in [6, 6.07) is 13.8. The van der Waals surface area contributed by atoms with E-state index in [1.807, 2.05) is 6.92 Å². The molecule has 2 aromatic carbocycles. The fraction of sp³-hybridized carbons (Fsp3) is 0.350. The first-order valence-electron chi connectivity index (χ1n) is 8.92. The van der Waals surface area contributed by atoms with Gasteiger partial charge >= 0.3 is 0 Å². The summed E-state index contributed by atoms with van der Waals surface area (Å²) in [5.41, 5.74) is 1.55. The third-order valence-corrected chi connectivity index (χ3v) is 6.69. The highest BCUT2D eigenvalue weighted by atomic mass is 32.2. The minimum Gasteiger partial charge on any atom is -0.497 e. The maximum absolute atomic E-state index is 12.7. The summed E-state index contributed by atoms with van der Waals surface area (Å²) < 4.78 is 32.1. The number of sulfonamides is 1. The first kappa shape index (κ1) is 19.4. The Morgan fingerprint density at radius 1 is 1.11 bits per heavy atom. The number of aryl methyl sites for hydroxylation is 1. The molecule has 144 valence electrons. The number of methoxy groups -OCH3 is 1. The number of piperidine rings is 1. The summed E-state index contributed by atoms with van der Waals surface area (Å²) in [4.78, 5) is 12.7. The normalized spacial score (nSPS) is 16.1. The van der Waals surface area contributed by atoms with Gasteiger partial charge in [-0.05, 0) is 50.1 Å². The number of benzene rings is 2. The van der Waals surface area contributed by atoms with Crippen molar-refractivity contribution in [1.29, 1.82) is 0 Å². The van der Waals surface area contributed by atoms with Crippen molar-refractivity contribution in [1.82, 2.24) is 9.62 Å². The largest absolute Gasteiger partial charge is 0.497 e. The van der Waals surface area contributed by atoms with Crippen LogP contribution in [0.5, 0.6) is 5.75 Å². The van der Waals surface area contributed by atoms with E-state index >= 15 is 0 Å². The van der Waals surface area contributed by atoms with Crippen LogP contribution in [0.2, 0.25) is 0 Å². The van der Waals surface area contributed by atoms with Crippen molar-refractivity contribution in [3.8, 4) is 5.75 Å². The Hall–Kier alpha value is -2.38. The number of nitrogens with zero attached hydrogens (tertiary/aromatic N) is 1. The Balaban J connectivity index is 1.60. The van der Waals surface area contributed by atoms with Crippen LogP contribution in [-0.2, 0) is 10.0 Å². The molecule has 0 radical (unpaired) electrons. The molecule has 6 nitrogen and oxygen atoms in total. The second kappa shape index (κ2) is 8.10. The second-order valence-corrected chi connectivity index (χ2v) is 8.63. The van der Waals surface area contributed by atoms with Gasteiger partial charge in [-0.1, -0.05) is 23.8 Å². The van der Waals surface area contributed by atoms with Crippen molar-refractivity contribution in [2.45, 2.75) is 30.7 Å². The van der Waals surface area contributed by atoms with Gasteiger partial charge in [0.05, 0.1) is 12.0 Å². The summed E-state index contributed by atoms with van der Waals surface area (Å²) in [5, 5.41) is 2.99. The van der Waals surface area contributed by atoms with Crippen molar-refractivity contribution in [3.63, 3.8) is 0 Å². The molecule has 1 aliphatic rings. The van der Waals surface area contributed by atoms with Gasteiger partial charge in [0.1, 0.15) is 5.75 Å². The van der Waals surface area contributed by atoms with Gasteiger partial charge in [0, 0.05) is 24.7 Å². The molecule has 2 aromatic rings. The van der Waals surface area contributed by atoms with Crippen LogP contribution in [0.15, 0.2) is 53.4 Å². The number of ether oxygens (including phenoxy) is 1. The number of carbonyl (C=O) groups is 1. The zero-order valence-corrected chi connectivity index (χ0v) is 16.3. The minimum atomic E-state index is -3.49. The van der Waals surface area contributed by atoms with Gasteiger partial charge in [-0.3, -0.25) is 4.79 Å². The average molecular weight is 388 g/mol. The maximum Gasteiger partial charge on any atom is 0.251 e. The SMILES string of the molecule is COc1cccc(C(=O)NC2CCN(S(=O)(=O)c3ccc(C)cc3)CC2)c1. The van der Waals surface area contributed by atoms with E-state index in [0.29, 0.717) is 42.1 Å². The molecular weight excluding hydrogens is 364 g/mol. The number of hydrogen-bond donors (Lipinski definition) is 1. The molecule has 3 rings (SSSR count). The van der Waals surface area contributed by atoms with Crippen molar-refractivity contribution >= 4 is 15.9 Å². The molecule has 1 fully saturated rings. The standard InChI is InChI=1S/C20H24N2O4S/c1-15-6-8-19(9-7-15)27(24,25)22-12-10-17(11-13-22)21-20(23)16-4-3-5-18(14-16)26-2/h3-9,14,17H,10-13H2,1-2H3,(H,21,23). The zero-order chi connectivity index (χ0) is 19.4. The van der Waals surface area contributed by atoms with Crippen molar-refractivity contribution in [3.05, 3.63) is 59.7 Å². The Kier molecular flexibility index (Phi) is 5.82. The lowest BCUT2D eigenvalue weighted by Crippen LogP contribution is -2.46. The molecule has 1 heterocycles. The topological polar surface area (TPSA) is 75.7 Å². The van der Waals surface area contributed by atoms with E-state index in [2.05, 4.69) is 5.32 Å². The van der Waals surface area contributed by atoms with E-state index in [4.69, 9.17) is 4.74 Å². The molecule has 1 N–H and O–H groups in total. The summed E-state index contributed by atoms with van der Waals surface area (Å²) >= 11 is 0. The van der Waals surface area contributed by atoms with Gasteiger partial charge in [-0.25, -0.2) is 8.42 Å². The summed E-state index contributed by atoms with van der Waals surface area (Å²) in [5.74, 6) is 0.454. The highest BCUT2D eigenvalue weighted by molar-refractivity contribution is 7.89. The number of carbonyl (C=O) groups excluding carboxylic acids is 1. The number of rotatable bonds is 5. The van der Waals surface area contributed by atoms with E-state index in [0.717, 1.165) is 5.56 Å². The van der Waals surface area contributed by atoms with Crippen LogP contribution < -0.4 is 10.1 Å². The van der Waals surface area contributed by atoms with E-state index in [1.54, 1.807) is 55.6 Å². The van der Waals surface area contributed by atoms with Crippen LogP contribution in [0.3, 0.4) is 0 Å². The fourth-order valence-electron chi connectivity index (χ4n) is 3.13. The third-order valence-electron chi connectivity index (χ3n) is 4.78. The van der Waals surface area contributed by atoms with E-state index < -0.39 is 10.0 Å². The van der Waals surface area contributed by atoms with Gasteiger partial charge in [-0.2, -0.15) is 4.31 Å². The number of amides is 1. The lowest BCUT2D eigenvalue weighted by atomic mass is 10.1. The van der Waals surface area contributed by atoms with E-state index in [1.165, 1.54) is 4.31 Å². The molecule has 0 spiro atoms. The minimum absolute atomic E-state index is 0.0480. The molecule has 0 aliphatic carbocycles. The Morgan fingerprint density at radius 2 is 1.78 bits per heavy atom. The molecule has 0 aromatic heterocycles. The van der Waals surface area contributed by atoms with Crippen LogP contribution >= 0.6 is 0 Å². The van der Waals surface area contributed by atoms with Crippen molar-refractivity contribution < 1.29 is 17.9 Å². The van der Waals surface area contributed by atoms with Gasteiger partial charge in [0.15, 0.2) is 0 Å². The van der Waals surface area contributed by atoms with Crippen LogP contribution in [0.25, 0.3) is 0 Å². The van der Waals surface area contributed by atoms with E-state index in [9.17, 15) is 13.2 Å². The fourth-order valence-corrected chi connectivity index (χ4v) is 4.60. The molecule has 0 atom stereocenters. The average Bonchev–Trinajstić information content (AvgIpc) is 2.69. The lowest BCUT2D eigenvalue weighted by molar-refractivity contribution is 0.0923. The van der Waals surface area contributed by atoms with E-state index in [-0.39, 0.29) is 11.9 Å². The molecule has 1 amide bonds. The van der Waals surface area contributed by atoms with Crippen molar-refractivity contribution in [2.24, 2.45) is 0 Å². The first-order valence-corrected chi connectivity index (χ1v) is 10.4. The molecule has 27 heavy (non-hydrogen) atoms. The molecule has 0 bridgehead atoms. The lowest BCUT2D eigenvalue weighted by Gasteiger charge is -2.31. The summed E-state index contributed by atoms with van der Waals surface area (Å²) in [6.45, 7) is 2.70. The monoisotopic (exact) mass is 388 g/mol. The van der Waals surface area contributed by atoms with Crippen LogP contribution in [0.4, 0.5) is 0 Å². The molecule has 0 saturated carbocycles. The summed E-state index contributed by atoms with van der Waals surface area (Å²) in [7, 11) is -1.93. The predicted octanol–water partition coefficient (Wildman–Crippen LogP) is 2.59. The quantitative estimate of drug-likeness (QED) is 0.854. The Labute approximate surface area is 160 Å². The van der Waals surface area contributed by atoms with Gasteiger partial charge in [0.25, 0.3) is 5.91 Å². The highest BCUT2D eigenvalue weighted by Gasteiger charge is 2.30. The Bertz CT molecular complexity index is 902. The molecule has 0 unspecified atom stereocenters. The Morgan fingerprint density at radius 3 is 2.41 bits per heavy atom. The molecule has 1 saturated heterocycles. The predicted molar refractivity (Wildman–Crippen MR) is 103 cm³/mol. The van der Waals surface area contributed by atoms with Crippen LogP contribution in [-0.4, -0.2) is 44.9 Å². The first-order chi connectivity index (χ1) is 12.9.